The highest BCUT2D eigenvalue weighted by atomic mass is 32.1. The summed E-state index contributed by atoms with van der Waals surface area (Å²) in [7, 11) is 1.60. The summed E-state index contributed by atoms with van der Waals surface area (Å²) < 4.78 is 12.2. The van der Waals surface area contributed by atoms with Gasteiger partial charge in [0.05, 0.1) is 19.4 Å². The summed E-state index contributed by atoms with van der Waals surface area (Å²) in [5, 5.41) is 5.16. The number of aromatic nitrogens is 2. The lowest BCUT2D eigenvalue weighted by molar-refractivity contribution is 0.0529. The van der Waals surface area contributed by atoms with Crippen LogP contribution in [0, 0.1) is 6.92 Å². The molecule has 0 unspecified atom stereocenters. The van der Waals surface area contributed by atoms with Gasteiger partial charge in [-0.3, -0.25) is 9.20 Å². The SMILES string of the molecule is CCOC(=O)c1c(-c2ccc(OC)cc2)csc1NC(=O)c1c(C)nc2ccccn12. The molecular weight excluding hydrogens is 414 g/mol. The average Bonchev–Trinajstić information content (AvgIpc) is 3.34. The first kappa shape index (κ1) is 20.6. The molecule has 0 aliphatic heterocycles. The molecule has 0 spiro atoms. The Morgan fingerprint density at radius 2 is 1.94 bits per heavy atom. The van der Waals surface area contributed by atoms with E-state index in [1.807, 2.05) is 47.8 Å². The average molecular weight is 436 g/mol. The number of aryl methyl sites for hydroxylation is 1. The van der Waals surface area contributed by atoms with E-state index in [0.29, 0.717) is 38.9 Å². The molecule has 7 nitrogen and oxygen atoms in total. The van der Waals surface area contributed by atoms with Gasteiger partial charge in [-0.15, -0.1) is 11.3 Å². The predicted octanol–water partition coefficient (Wildman–Crippen LogP) is 4.81. The molecule has 3 heterocycles. The van der Waals surface area contributed by atoms with E-state index in [4.69, 9.17) is 9.47 Å². The van der Waals surface area contributed by atoms with E-state index in [0.717, 1.165) is 5.56 Å². The highest BCUT2D eigenvalue weighted by molar-refractivity contribution is 7.15. The number of benzene rings is 1. The van der Waals surface area contributed by atoms with Gasteiger partial charge in [-0.1, -0.05) is 18.2 Å². The monoisotopic (exact) mass is 435 g/mol. The molecule has 1 aromatic carbocycles. The van der Waals surface area contributed by atoms with Gasteiger partial charge in [0, 0.05) is 17.1 Å². The van der Waals surface area contributed by atoms with E-state index in [1.165, 1.54) is 11.3 Å². The zero-order chi connectivity index (χ0) is 22.0. The van der Waals surface area contributed by atoms with Crippen LogP contribution in [0.15, 0.2) is 54.0 Å². The van der Waals surface area contributed by atoms with Crippen LogP contribution in [0.2, 0.25) is 0 Å². The Morgan fingerprint density at radius 3 is 2.65 bits per heavy atom. The minimum absolute atomic E-state index is 0.233. The molecule has 0 aliphatic rings. The van der Waals surface area contributed by atoms with Gasteiger partial charge in [0.2, 0.25) is 0 Å². The van der Waals surface area contributed by atoms with Gasteiger partial charge in [0.1, 0.15) is 27.7 Å². The van der Waals surface area contributed by atoms with Crippen molar-refractivity contribution in [3.8, 4) is 16.9 Å². The highest BCUT2D eigenvalue weighted by Gasteiger charge is 2.25. The zero-order valence-electron chi connectivity index (χ0n) is 17.3. The lowest BCUT2D eigenvalue weighted by atomic mass is 10.0. The van der Waals surface area contributed by atoms with Crippen molar-refractivity contribution in [2.75, 3.05) is 19.0 Å². The number of thiophene rings is 1. The van der Waals surface area contributed by atoms with Crippen molar-refractivity contribution in [2.45, 2.75) is 13.8 Å². The van der Waals surface area contributed by atoms with Crippen LogP contribution in [0.5, 0.6) is 5.75 Å². The Kier molecular flexibility index (Phi) is 5.73. The number of pyridine rings is 1. The number of esters is 1. The van der Waals surface area contributed by atoms with Gasteiger partial charge in [0.25, 0.3) is 5.91 Å². The number of amides is 1. The van der Waals surface area contributed by atoms with E-state index < -0.39 is 5.97 Å². The number of hydrogen-bond acceptors (Lipinski definition) is 6. The molecule has 0 fully saturated rings. The summed E-state index contributed by atoms with van der Waals surface area (Å²) in [6, 6.07) is 12.9. The minimum atomic E-state index is -0.486. The molecule has 158 valence electrons. The molecule has 4 rings (SSSR count). The molecule has 0 radical (unpaired) electrons. The number of rotatable bonds is 6. The first-order valence-corrected chi connectivity index (χ1v) is 10.6. The summed E-state index contributed by atoms with van der Waals surface area (Å²) >= 11 is 1.28. The second-order valence-corrected chi connectivity index (χ2v) is 7.61. The summed E-state index contributed by atoms with van der Waals surface area (Å²) in [5.41, 5.74) is 3.55. The summed E-state index contributed by atoms with van der Waals surface area (Å²) in [5.74, 6) is -0.113. The molecule has 1 N–H and O–H groups in total. The third-order valence-electron chi connectivity index (χ3n) is 4.82. The predicted molar refractivity (Wildman–Crippen MR) is 120 cm³/mol. The summed E-state index contributed by atoms with van der Waals surface area (Å²) in [6.45, 7) is 3.76. The van der Waals surface area contributed by atoms with Gasteiger partial charge >= 0.3 is 5.97 Å². The number of nitrogens with zero attached hydrogens (tertiary/aromatic N) is 2. The number of hydrogen-bond donors (Lipinski definition) is 1. The zero-order valence-corrected chi connectivity index (χ0v) is 18.2. The summed E-state index contributed by atoms with van der Waals surface area (Å²) in [4.78, 5) is 30.4. The number of ether oxygens (including phenoxy) is 2. The first-order valence-electron chi connectivity index (χ1n) is 9.71. The molecule has 0 saturated carbocycles. The van der Waals surface area contributed by atoms with Crippen molar-refractivity contribution >= 4 is 33.9 Å². The highest BCUT2D eigenvalue weighted by Crippen LogP contribution is 2.37. The first-order chi connectivity index (χ1) is 15.0. The molecule has 31 heavy (non-hydrogen) atoms. The van der Waals surface area contributed by atoms with Gasteiger partial charge in [0.15, 0.2) is 0 Å². The summed E-state index contributed by atoms with van der Waals surface area (Å²) in [6.07, 6.45) is 1.79. The van der Waals surface area contributed by atoms with Gasteiger partial charge in [-0.05, 0) is 43.7 Å². The van der Waals surface area contributed by atoms with E-state index in [-0.39, 0.29) is 12.5 Å². The van der Waals surface area contributed by atoms with Crippen molar-refractivity contribution in [3.63, 3.8) is 0 Å². The quantitative estimate of drug-likeness (QED) is 0.440. The topological polar surface area (TPSA) is 81.9 Å². The number of fused-ring (bicyclic) bond motifs is 1. The van der Waals surface area contributed by atoms with Gasteiger partial charge < -0.3 is 14.8 Å². The Morgan fingerprint density at radius 1 is 1.16 bits per heavy atom. The molecule has 0 atom stereocenters. The van der Waals surface area contributed by atoms with E-state index in [2.05, 4.69) is 10.3 Å². The second kappa shape index (κ2) is 8.61. The molecule has 4 aromatic rings. The Bertz CT molecular complexity index is 1260. The third kappa shape index (κ3) is 3.89. The van der Waals surface area contributed by atoms with Crippen LogP contribution in [0.4, 0.5) is 5.00 Å². The van der Waals surface area contributed by atoms with Crippen LogP contribution >= 0.6 is 11.3 Å². The Labute approximate surface area is 183 Å². The van der Waals surface area contributed by atoms with Crippen LogP contribution in [0.3, 0.4) is 0 Å². The lowest BCUT2D eigenvalue weighted by Crippen LogP contribution is -2.17. The fraction of sp³-hybridized carbons (Fsp3) is 0.174. The number of carbonyl (C=O) groups excluding carboxylic acids is 2. The fourth-order valence-electron chi connectivity index (χ4n) is 3.39. The number of nitrogens with one attached hydrogen (secondary N) is 1. The molecule has 0 aliphatic carbocycles. The van der Waals surface area contributed by atoms with Crippen LogP contribution in [0.1, 0.15) is 33.5 Å². The Hall–Kier alpha value is -3.65. The van der Waals surface area contributed by atoms with Crippen molar-refractivity contribution in [1.29, 1.82) is 0 Å². The molecule has 3 aromatic heterocycles. The standard InChI is InChI=1S/C23H21N3O4S/c1-4-30-23(28)19-17(15-8-10-16(29-3)11-9-15)13-31-22(19)25-21(27)20-14(2)24-18-7-5-6-12-26(18)20/h5-13H,4H2,1-3H3,(H,25,27). The second-order valence-electron chi connectivity index (χ2n) is 6.73. The van der Waals surface area contributed by atoms with Crippen molar-refractivity contribution < 1.29 is 19.1 Å². The van der Waals surface area contributed by atoms with Crippen molar-refractivity contribution in [1.82, 2.24) is 9.38 Å². The maximum Gasteiger partial charge on any atom is 0.341 e. The van der Waals surface area contributed by atoms with Crippen molar-refractivity contribution in [2.24, 2.45) is 0 Å². The van der Waals surface area contributed by atoms with Gasteiger partial charge in [-0.2, -0.15) is 0 Å². The maximum atomic E-state index is 13.1. The van der Waals surface area contributed by atoms with E-state index in [9.17, 15) is 9.59 Å². The van der Waals surface area contributed by atoms with Crippen LogP contribution in [-0.2, 0) is 4.74 Å². The van der Waals surface area contributed by atoms with E-state index >= 15 is 0 Å². The largest absolute Gasteiger partial charge is 0.497 e. The lowest BCUT2D eigenvalue weighted by Gasteiger charge is -2.09. The number of anilines is 1. The molecule has 0 saturated heterocycles. The van der Waals surface area contributed by atoms with Crippen molar-refractivity contribution in [3.05, 3.63) is 71.0 Å². The molecule has 8 heteroatoms. The van der Waals surface area contributed by atoms with Crippen LogP contribution < -0.4 is 10.1 Å². The third-order valence-corrected chi connectivity index (χ3v) is 5.71. The minimum Gasteiger partial charge on any atom is -0.497 e. The van der Waals surface area contributed by atoms with Crippen LogP contribution in [0.25, 0.3) is 16.8 Å². The fourth-order valence-corrected chi connectivity index (χ4v) is 4.34. The normalized spacial score (nSPS) is 10.8. The van der Waals surface area contributed by atoms with E-state index in [1.54, 1.807) is 31.6 Å². The number of carbonyl (C=O) groups is 2. The number of methoxy groups -OCH3 is 1. The smallest absolute Gasteiger partial charge is 0.341 e. The molecule has 0 bridgehead atoms. The number of imidazole rings is 1. The molecular formula is C23H21N3O4S. The Balaban J connectivity index is 1.73. The molecule has 1 amide bonds. The maximum absolute atomic E-state index is 13.1. The van der Waals surface area contributed by atoms with Gasteiger partial charge in [-0.25, -0.2) is 9.78 Å². The van der Waals surface area contributed by atoms with Crippen LogP contribution in [-0.4, -0.2) is 35.0 Å².